The number of rotatable bonds is 5. The van der Waals surface area contributed by atoms with Gasteiger partial charge in [-0.1, -0.05) is 6.07 Å². The number of anilines is 5. The topological polar surface area (TPSA) is 111 Å². The highest BCUT2D eigenvalue weighted by Crippen LogP contribution is 2.33. The summed E-state index contributed by atoms with van der Waals surface area (Å²) >= 11 is 0. The van der Waals surface area contributed by atoms with Crippen molar-refractivity contribution in [3.8, 4) is 0 Å². The van der Waals surface area contributed by atoms with Crippen LogP contribution in [0.25, 0.3) is 0 Å². The monoisotopic (exact) mass is 518 g/mol. The first-order chi connectivity index (χ1) is 18.2. The van der Waals surface area contributed by atoms with Gasteiger partial charge in [0.1, 0.15) is 12.5 Å². The highest BCUT2D eigenvalue weighted by atomic mass is 19.1. The molecule has 0 saturated carbocycles. The number of urea groups is 1. The van der Waals surface area contributed by atoms with Crippen LogP contribution in [0.2, 0.25) is 0 Å². The van der Waals surface area contributed by atoms with E-state index in [0.29, 0.717) is 28.3 Å². The maximum atomic E-state index is 13.7. The lowest BCUT2D eigenvalue weighted by Gasteiger charge is -2.34. The summed E-state index contributed by atoms with van der Waals surface area (Å²) < 4.78 is 13.7. The van der Waals surface area contributed by atoms with E-state index in [1.165, 1.54) is 4.90 Å². The SMILES string of the molecule is Cc1ccc(NC(=O)c2cc(CF)cc(N3CCN(C)CC3)c2)cc1N1Cc2cnc(N)nc2N(C)C1=O. The summed E-state index contributed by atoms with van der Waals surface area (Å²) in [4.78, 5) is 42.2. The van der Waals surface area contributed by atoms with Crippen LogP contribution in [0, 0.1) is 6.92 Å². The molecule has 3 N–H and O–H groups in total. The second-order valence-corrected chi connectivity index (χ2v) is 9.77. The number of benzene rings is 2. The molecule has 3 amide bonds. The van der Waals surface area contributed by atoms with Gasteiger partial charge in [0.25, 0.3) is 5.91 Å². The molecule has 1 fully saturated rings. The molecule has 1 aromatic heterocycles. The molecule has 0 aliphatic carbocycles. The van der Waals surface area contributed by atoms with E-state index in [1.807, 2.05) is 13.0 Å². The molecule has 11 heteroatoms. The molecule has 38 heavy (non-hydrogen) atoms. The Morgan fingerprint density at radius 1 is 1.11 bits per heavy atom. The summed E-state index contributed by atoms with van der Waals surface area (Å²) in [5.41, 5.74) is 10.2. The van der Waals surface area contributed by atoms with Gasteiger partial charge in [-0.25, -0.2) is 14.2 Å². The van der Waals surface area contributed by atoms with E-state index in [0.717, 1.165) is 43.0 Å². The summed E-state index contributed by atoms with van der Waals surface area (Å²) in [6, 6.07) is 10.3. The number of aromatic nitrogens is 2. The van der Waals surface area contributed by atoms with E-state index in [2.05, 4.69) is 32.1 Å². The molecule has 5 rings (SSSR count). The number of piperazine rings is 1. The van der Waals surface area contributed by atoms with Crippen molar-refractivity contribution in [2.45, 2.75) is 20.1 Å². The maximum Gasteiger partial charge on any atom is 0.330 e. The lowest BCUT2D eigenvalue weighted by atomic mass is 10.1. The summed E-state index contributed by atoms with van der Waals surface area (Å²) in [6.07, 6.45) is 1.62. The van der Waals surface area contributed by atoms with Crippen LogP contribution < -0.4 is 25.8 Å². The van der Waals surface area contributed by atoms with Gasteiger partial charge in [0, 0.05) is 61.9 Å². The number of hydrogen-bond acceptors (Lipinski definition) is 7. The number of likely N-dealkylation sites (N-methyl/N-ethyl adjacent to an activating group) is 1. The van der Waals surface area contributed by atoms with E-state index >= 15 is 0 Å². The largest absolute Gasteiger partial charge is 0.369 e. The standard InChI is InChI=1S/C27H31FN8O2/c1-17-4-5-21(13-23(17)36-16-20-15-30-26(29)32-24(20)34(3)27(36)38)31-25(37)19-10-18(14-28)11-22(12-19)35-8-6-33(2)7-9-35/h4-5,10-13,15H,6-9,14,16H2,1-3H3,(H,31,37)(H2,29,30,32). The van der Waals surface area contributed by atoms with Crippen molar-refractivity contribution in [1.29, 1.82) is 0 Å². The second kappa shape index (κ2) is 10.3. The predicted octanol–water partition coefficient (Wildman–Crippen LogP) is 3.42. The molecule has 0 unspecified atom stereocenters. The van der Waals surface area contributed by atoms with Crippen molar-refractivity contribution < 1.29 is 14.0 Å². The van der Waals surface area contributed by atoms with Crippen molar-refractivity contribution >= 4 is 40.8 Å². The Bertz CT molecular complexity index is 1390. The first-order valence-electron chi connectivity index (χ1n) is 12.5. The zero-order valence-electron chi connectivity index (χ0n) is 21.7. The molecule has 3 heterocycles. The quantitative estimate of drug-likeness (QED) is 0.533. The van der Waals surface area contributed by atoms with Gasteiger partial charge in [-0.15, -0.1) is 0 Å². The average Bonchev–Trinajstić information content (AvgIpc) is 2.92. The van der Waals surface area contributed by atoms with Crippen LogP contribution in [-0.2, 0) is 13.2 Å². The fourth-order valence-corrected chi connectivity index (χ4v) is 4.82. The maximum absolute atomic E-state index is 13.7. The second-order valence-electron chi connectivity index (χ2n) is 9.77. The number of halogens is 1. The molecule has 198 valence electrons. The minimum Gasteiger partial charge on any atom is -0.369 e. The Kier molecular flexibility index (Phi) is 6.85. The van der Waals surface area contributed by atoms with Gasteiger partial charge in [-0.3, -0.25) is 14.6 Å². The number of nitrogen functional groups attached to an aromatic ring is 1. The van der Waals surface area contributed by atoms with Crippen molar-refractivity contribution in [2.75, 3.05) is 66.0 Å². The van der Waals surface area contributed by atoms with Crippen molar-refractivity contribution in [3.63, 3.8) is 0 Å². The van der Waals surface area contributed by atoms with E-state index in [-0.39, 0.29) is 24.4 Å². The van der Waals surface area contributed by atoms with Gasteiger partial charge in [0.05, 0.1) is 12.2 Å². The molecule has 2 aromatic carbocycles. The van der Waals surface area contributed by atoms with Crippen LogP contribution in [0.3, 0.4) is 0 Å². The van der Waals surface area contributed by atoms with Crippen molar-refractivity contribution in [2.24, 2.45) is 0 Å². The number of fused-ring (bicyclic) bond motifs is 1. The number of nitrogens with two attached hydrogens (primary N) is 1. The summed E-state index contributed by atoms with van der Waals surface area (Å²) in [5.74, 6) is 0.233. The van der Waals surface area contributed by atoms with Gasteiger partial charge in [0.2, 0.25) is 5.95 Å². The Morgan fingerprint density at radius 2 is 1.87 bits per heavy atom. The number of carbonyl (C=O) groups is 2. The first-order valence-corrected chi connectivity index (χ1v) is 12.5. The zero-order valence-corrected chi connectivity index (χ0v) is 21.7. The summed E-state index contributed by atoms with van der Waals surface area (Å²) in [5, 5.41) is 2.93. The van der Waals surface area contributed by atoms with Gasteiger partial charge >= 0.3 is 6.03 Å². The number of amides is 3. The highest BCUT2D eigenvalue weighted by Gasteiger charge is 2.31. The van der Waals surface area contributed by atoms with Gasteiger partial charge in [-0.05, 0) is 55.4 Å². The third kappa shape index (κ3) is 4.97. The number of carbonyl (C=O) groups excluding carboxylic acids is 2. The summed E-state index contributed by atoms with van der Waals surface area (Å²) in [6.45, 7) is 4.95. The Labute approximate surface area is 220 Å². The molecule has 1 saturated heterocycles. The molecule has 3 aromatic rings. The van der Waals surface area contributed by atoms with E-state index < -0.39 is 6.67 Å². The highest BCUT2D eigenvalue weighted by molar-refractivity contribution is 6.07. The number of alkyl halides is 1. The molecule has 0 bridgehead atoms. The fraction of sp³-hybridized carbons (Fsp3) is 0.333. The Balaban J connectivity index is 1.40. The molecule has 2 aliphatic rings. The van der Waals surface area contributed by atoms with Gasteiger partial charge in [0.15, 0.2) is 0 Å². The average molecular weight is 519 g/mol. The van der Waals surface area contributed by atoms with Crippen LogP contribution in [0.5, 0.6) is 0 Å². The van der Waals surface area contributed by atoms with Crippen LogP contribution >= 0.6 is 0 Å². The van der Waals surface area contributed by atoms with Crippen LogP contribution in [0.15, 0.2) is 42.6 Å². The van der Waals surface area contributed by atoms with Gasteiger partial charge < -0.3 is 20.9 Å². The molecular weight excluding hydrogens is 487 g/mol. The zero-order chi connectivity index (χ0) is 27.0. The lowest BCUT2D eigenvalue weighted by molar-refractivity contribution is 0.102. The van der Waals surface area contributed by atoms with Crippen LogP contribution in [0.1, 0.15) is 27.0 Å². The van der Waals surface area contributed by atoms with Crippen molar-refractivity contribution in [1.82, 2.24) is 14.9 Å². The number of nitrogens with one attached hydrogen (secondary N) is 1. The van der Waals surface area contributed by atoms with E-state index in [9.17, 15) is 14.0 Å². The lowest BCUT2D eigenvalue weighted by Crippen LogP contribution is -2.46. The molecule has 0 atom stereocenters. The van der Waals surface area contributed by atoms with E-state index in [1.54, 1.807) is 48.5 Å². The summed E-state index contributed by atoms with van der Waals surface area (Å²) in [7, 11) is 3.71. The van der Waals surface area contributed by atoms with Crippen molar-refractivity contribution in [3.05, 3.63) is 64.8 Å². The van der Waals surface area contributed by atoms with Crippen LogP contribution in [0.4, 0.5) is 38.0 Å². The molecule has 2 aliphatic heterocycles. The normalized spacial score (nSPS) is 16.0. The fourth-order valence-electron chi connectivity index (χ4n) is 4.82. The minimum absolute atomic E-state index is 0.102. The molecule has 10 nitrogen and oxygen atoms in total. The number of nitrogens with zero attached hydrogens (tertiary/aromatic N) is 6. The number of hydrogen-bond donors (Lipinski definition) is 2. The predicted molar refractivity (Wildman–Crippen MR) is 147 cm³/mol. The third-order valence-corrected chi connectivity index (χ3v) is 7.04. The molecule has 0 radical (unpaired) electrons. The van der Waals surface area contributed by atoms with E-state index in [4.69, 9.17) is 5.73 Å². The third-order valence-electron chi connectivity index (χ3n) is 7.04. The van der Waals surface area contributed by atoms with Crippen LogP contribution in [-0.4, -0.2) is 67.1 Å². The Morgan fingerprint density at radius 3 is 2.61 bits per heavy atom. The molecule has 0 spiro atoms. The smallest absolute Gasteiger partial charge is 0.330 e. The minimum atomic E-state index is -0.655. The van der Waals surface area contributed by atoms with Gasteiger partial charge in [-0.2, -0.15) is 4.98 Å². The Hall–Kier alpha value is -4.25. The number of aryl methyl sites for hydroxylation is 1. The first kappa shape index (κ1) is 25.4. The molecular formula is C27H31FN8O2.